The third kappa shape index (κ3) is 3.11. The van der Waals surface area contributed by atoms with Gasteiger partial charge in [0.15, 0.2) is 0 Å². The molecule has 0 fully saturated rings. The molecule has 0 aliphatic heterocycles. The first kappa shape index (κ1) is 14.4. The highest BCUT2D eigenvalue weighted by Gasteiger charge is 2.34. The van der Waals surface area contributed by atoms with Crippen LogP contribution in [0.5, 0.6) is 0 Å². The Labute approximate surface area is 117 Å². The summed E-state index contributed by atoms with van der Waals surface area (Å²) in [5.41, 5.74) is 5.13. The summed E-state index contributed by atoms with van der Waals surface area (Å²) in [6, 6.07) is 7.00. The van der Waals surface area contributed by atoms with Crippen molar-refractivity contribution >= 4 is 22.9 Å². The van der Waals surface area contributed by atoms with E-state index < -0.39 is 11.7 Å². The maximum Gasteiger partial charge on any atom is 0.417 e. The fourth-order valence-electron chi connectivity index (χ4n) is 1.71. The molecule has 0 amide bonds. The number of hydrogen-bond donors (Lipinski definition) is 1. The van der Waals surface area contributed by atoms with Gasteiger partial charge in [-0.05, 0) is 31.2 Å². The van der Waals surface area contributed by atoms with E-state index in [9.17, 15) is 13.2 Å². The van der Waals surface area contributed by atoms with Gasteiger partial charge in [-0.15, -0.1) is 11.3 Å². The van der Waals surface area contributed by atoms with Crippen LogP contribution >= 0.6 is 22.9 Å². The third-order valence-electron chi connectivity index (χ3n) is 2.63. The van der Waals surface area contributed by atoms with Gasteiger partial charge in [-0.2, -0.15) is 13.2 Å². The number of nitrogens with two attached hydrogens (primary N) is 1. The Morgan fingerprint density at radius 1 is 1.21 bits per heavy atom. The fourth-order valence-corrected chi connectivity index (χ4v) is 2.88. The molecule has 1 unspecified atom stereocenters. The number of halogens is 4. The van der Waals surface area contributed by atoms with E-state index in [4.69, 9.17) is 17.3 Å². The minimum absolute atomic E-state index is 0.0695. The zero-order valence-corrected chi connectivity index (χ0v) is 11.5. The zero-order chi connectivity index (χ0) is 14.2. The van der Waals surface area contributed by atoms with E-state index in [1.165, 1.54) is 23.5 Å². The molecule has 19 heavy (non-hydrogen) atoms. The second-order valence-electron chi connectivity index (χ2n) is 4.18. The van der Waals surface area contributed by atoms with Gasteiger partial charge in [0.25, 0.3) is 0 Å². The number of benzene rings is 1. The second-order valence-corrected chi connectivity index (χ2v) is 5.73. The summed E-state index contributed by atoms with van der Waals surface area (Å²) < 4.78 is 39.0. The molecular weight excluding hydrogens is 295 g/mol. The van der Waals surface area contributed by atoms with E-state index in [2.05, 4.69) is 0 Å². The second kappa shape index (κ2) is 5.15. The van der Waals surface area contributed by atoms with Crippen LogP contribution in [-0.4, -0.2) is 0 Å². The van der Waals surface area contributed by atoms with E-state index in [1.807, 2.05) is 0 Å². The Bertz CT molecular complexity index is 590. The fraction of sp³-hybridized carbons (Fsp3) is 0.231. The SMILES string of the molecule is CC(N)c1ccc(-c2ccc(Cl)cc2C(F)(F)F)s1. The van der Waals surface area contributed by atoms with Crippen molar-refractivity contribution in [3.8, 4) is 10.4 Å². The molecule has 1 aromatic carbocycles. The summed E-state index contributed by atoms with van der Waals surface area (Å²) >= 11 is 6.91. The molecule has 1 nitrogen and oxygen atoms in total. The molecule has 1 heterocycles. The molecule has 0 saturated heterocycles. The normalized spacial score (nSPS) is 13.6. The summed E-state index contributed by atoms with van der Waals surface area (Å²) in [6.45, 7) is 1.79. The van der Waals surface area contributed by atoms with E-state index in [1.54, 1.807) is 19.1 Å². The molecule has 1 aromatic heterocycles. The van der Waals surface area contributed by atoms with Crippen molar-refractivity contribution in [1.29, 1.82) is 0 Å². The highest BCUT2D eigenvalue weighted by atomic mass is 35.5. The van der Waals surface area contributed by atoms with Gasteiger partial charge in [0, 0.05) is 26.4 Å². The first-order valence-electron chi connectivity index (χ1n) is 5.51. The van der Waals surface area contributed by atoms with Gasteiger partial charge >= 0.3 is 6.18 Å². The van der Waals surface area contributed by atoms with E-state index in [-0.39, 0.29) is 16.6 Å². The molecule has 0 radical (unpaired) electrons. The number of hydrogen-bond acceptors (Lipinski definition) is 2. The Kier molecular flexibility index (Phi) is 3.90. The molecule has 2 N–H and O–H groups in total. The van der Waals surface area contributed by atoms with Gasteiger partial charge in [-0.1, -0.05) is 17.7 Å². The van der Waals surface area contributed by atoms with Gasteiger partial charge in [-0.3, -0.25) is 0 Å². The number of thiophene rings is 1. The first-order chi connectivity index (χ1) is 8.79. The van der Waals surface area contributed by atoms with Crippen LogP contribution < -0.4 is 5.73 Å². The molecule has 102 valence electrons. The van der Waals surface area contributed by atoms with Gasteiger partial charge in [0.2, 0.25) is 0 Å². The smallest absolute Gasteiger partial charge is 0.324 e. The van der Waals surface area contributed by atoms with Gasteiger partial charge < -0.3 is 5.73 Å². The predicted octanol–water partition coefficient (Wildman–Crippen LogP) is 5.11. The van der Waals surface area contributed by atoms with E-state index in [0.29, 0.717) is 4.88 Å². The lowest BCUT2D eigenvalue weighted by atomic mass is 10.1. The van der Waals surface area contributed by atoms with Crippen LogP contribution in [0.3, 0.4) is 0 Å². The Morgan fingerprint density at radius 3 is 2.42 bits per heavy atom. The molecule has 0 saturated carbocycles. The van der Waals surface area contributed by atoms with Crippen molar-refractivity contribution < 1.29 is 13.2 Å². The molecule has 6 heteroatoms. The summed E-state index contributed by atoms with van der Waals surface area (Å²) in [6.07, 6.45) is -4.43. The molecule has 2 aromatic rings. The zero-order valence-electron chi connectivity index (χ0n) is 9.96. The lowest BCUT2D eigenvalue weighted by Crippen LogP contribution is -2.06. The minimum atomic E-state index is -4.43. The van der Waals surface area contributed by atoms with Crippen molar-refractivity contribution in [1.82, 2.24) is 0 Å². The van der Waals surface area contributed by atoms with Crippen LogP contribution in [0.4, 0.5) is 13.2 Å². The van der Waals surface area contributed by atoms with Crippen LogP contribution in [0.2, 0.25) is 5.02 Å². The average molecular weight is 306 g/mol. The lowest BCUT2D eigenvalue weighted by Gasteiger charge is -2.12. The minimum Gasteiger partial charge on any atom is -0.324 e. The van der Waals surface area contributed by atoms with Gasteiger partial charge in [0.05, 0.1) is 5.56 Å². The summed E-state index contributed by atoms with van der Waals surface area (Å²) in [7, 11) is 0. The Balaban J connectivity index is 2.55. The van der Waals surface area contributed by atoms with Crippen LogP contribution in [0.15, 0.2) is 30.3 Å². The van der Waals surface area contributed by atoms with Crippen molar-refractivity contribution in [2.75, 3.05) is 0 Å². The predicted molar refractivity (Wildman–Crippen MR) is 72.4 cm³/mol. The van der Waals surface area contributed by atoms with Gasteiger partial charge in [-0.25, -0.2) is 0 Å². The topological polar surface area (TPSA) is 26.0 Å². The molecule has 2 rings (SSSR count). The maximum atomic E-state index is 13.0. The highest BCUT2D eigenvalue weighted by molar-refractivity contribution is 7.15. The van der Waals surface area contributed by atoms with Crippen molar-refractivity contribution in [2.45, 2.75) is 19.1 Å². The molecule has 1 atom stereocenters. The molecule has 0 spiro atoms. The van der Waals surface area contributed by atoms with Crippen LogP contribution in [0.1, 0.15) is 23.4 Å². The quantitative estimate of drug-likeness (QED) is 0.820. The summed E-state index contributed by atoms with van der Waals surface area (Å²) in [5.74, 6) is 0. The van der Waals surface area contributed by atoms with E-state index in [0.717, 1.165) is 10.9 Å². The van der Waals surface area contributed by atoms with Crippen LogP contribution in [0, 0.1) is 0 Å². The van der Waals surface area contributed by atoms with Crippen molar-refractivity contribution in [3.05, 3.63) is 45.8 Å². The monoisotopic (exact) mass is 305 g/mol. The maximum absolute atomic E-state index is 13.0. The van der Waals surface area contributed by atoms with E-state index >= 15 is 0 Å². The molecule has 0 aliphatic rings. The van der Waals surface area contributed by atoms with Crippen molar-refractivity contribution in [2.24, 2.45) is 5.73 Å². The first-order valence-corrected chi connectivity index (χ1v) is 6.71. The summed E-state index contributed by atoms with van der Waals surface area (Å²) in [5, 5.41) is 0.0695. The molecular formula is C13H11ClF3NS. The van der Waals surface area contributed by atoms with Crippen LogP contribution in [0.25, 0.3) is 10.4 Å². The Hall–Kier alpha value is -1.04. The van der Waals surface area contributed by atoms with Crippen LogP contribution in [-0.2, 0) is 6.18 Å². The molecule has 0 bridgehead atoms. The van der Waals surface area contributed by atoms with Crippen molar-refractivity contribution in [3.63, 3.8) is 0 Å². The average Bonchev–Trinajstić information content (AvgIpc) is 2.77. The van der Waals surface area contributed by atoms with Gasteiger partial charge in [0.1, 0.15) is 0 Å². The number of alkyl halides is 3. The largest absolute Gasteiger partial charge is 0.417 e. The highest BCUT2D eigenvalue weighted by Crippen LogP contribution is 2.41. The summed E-state index contributed by atoms with van der Waals surface area (Å²) in [4.78, 5) is 1.38. The molecule has 0 aliphatic carbocycles. The lowest BCUT2D eigenvalue weighted by molar-refractivity contribution is -0.137. The third-order valence-corrected chi connectivity index (χ3v) is 4.18. The number of rotatable bonds is 2. The Morgan fingerprint density at radius 2 is 1.89 bits per heavy atom. The standard InChI is InChI=1S/C13H11ClF3NS/c1-7(18)11-4-5-12(19-11)9-3-2-8(14)6-10(9)13(15,16)17/h2-7H,18H2,1H3.